The Hall–Kier alpha value is -3.39. The van der Waals surface area contributed by atoms with E-state index in [4.69, 9.17) is 0 Å². The third kappa shape index (κ3) is 4.13. The minimum Gasteiger partial charge on any atom is -0.350 e. The Morgan fingerprint density at radius 1 is 1.10 bits per heavy atom. The van der Waals surface area contributed by atoms with E-state index in [1.807, 2.05) is 30.5 Å². The van der Waals surface area contributed by atoms with Crippen LogP contribution >= 0.6 is 11.3 Å². The largest absolute Gasteiger partial charge is 0.350 e. The zero-order valence-corrected chi connectivity index (χ0v) is 17.2. The Labute approximate surface area is 177 Å². The summed E-state index contributed by atoms with van der Waals surface area (Å²) in [6.45, 7) is 2.45. The number of hydrogen-bond donors (Lipinski definition) is 1. The van der Waals surface area contributed by atoms with Crippen molar-refractivity contribution in [3.8, 4) is 11.3 Å². The average Bonchev–Trinajstić information content (AvgIpc) is 3.32. The third-order valence-electron chi connectivity index (χ3n) is 4.88. The lowest BCUT2D eigenvalue weighted by molar-refractivity contribution is -0.121. The maximum absolute atomic E-state index is 12.5. The number of nitrogens with one attached hydrogen (secondary N) is 1. The van der Waals surface area contributed by atoms with Crippen LogP contribution in [0.1, 0.15) is 44.1 Å². The lowest BCUT2D eigenvalue weighted by atomic mass is 10.1. The molecule has 3 amide bonds. The van der Waals surface area contributed by atoms with E-state index in [0.29, 0.717) is 24.1 Å². The van der Waals surface area contributed by atoms with Crippen molar-refractivity contribution in [2.75, 3.05) is 6.54 Å². The van der Waals surface area contributed by atoms with Gasteiger partial charge in [-0.15, -0.1) is 11.3 Å². The molecule has 0 aliphatic carbocycles. The fraction of sp³-hybridized carbons (Fsp3) is 0.227. The van der Waals surface area contributed by atoms with Gasteiger partial charge in [0.25, 0.3) is 11.8 Å². The number of pyridine rings is 1. The number of aromatic nitrogens is 2. The molecule has 0 fully saturated rings. The summed E-state index contributed by atoms with van der Waals surface area (Å²) in [5, 5.41) is 5.60. The van der Waals surface area contributed by atoms with Gasteiger partial charge in [0.1, 0.15) is 5.01 Å². The van der Waals surface area contributed by atoms with Crippen LogP contribution in [-0.2, 0) is 11.3 Å². The zero-order valence-electron chi connectivity index (χ0n) is 16.4. The molecule has 1 aromatic carbocycles. The molecule has 0 bridgehead atoms. The van der Waals surface area contributed by atoms with Crippen LogP contribution < -0.4 is 5.32 Å². The van der Waals surface area contributed by atoms with Gasteiger partial charge in [0.15, 0.2) is 0 Å². The second kappa shape index (κ2) is 8.54. The number of hydrogen-bond acceptors (Lipinski definition) is 6. The molecule has 0 saturated heterocycles. The van der Waals surface area contributed by atoms with Crippen molar-refractivity contribution in [3.05, 3.63) is 69.8 Å². The fourth-order valence-electron chi connectivity index (χ4n) is 3.32. The highest BCUT2D eigenvalue weighted by Gasteiger charge is 2.34. The van der Waals surface area contributed by atoms with Crippen LogP contribution in [-0.4, -0.2) is 39.1 Å². The second-order valence-electron chi connectivity index (χ2n) is 7.05. The summed E-state index contributed by atoms with van der Waals surface area (Å²) in [6.07, 6.45) is 4.07. The molecule has 7 nitrogen and oxygen atoms in total. The summed E-state index contributed by atoms with van der Waals surface area (Å²) in [6, 6.07) is 9.01. The Morgan fingerprint density at radius 3 is 2.67 bits per heavy atom. The molecular weight excluding hydrogens is 400 g/mol. The first-order valence-corrected chi connectivity index (χ1v) is 10.5. The Bertz CT molecular complexity index is 1110. The molecule has 1 aliphatic heterocycles. The first-order chi connectivity index (χ1) is 14.5. The predicted molar refractivity (Wildman–Crippen MR) is 113 cm³/mol. The molecule has 30 heavy (non-hydrogen) atoms. The third-order valence-corrected chi connectivity index (χ3v) is 5.73. The van der Waals surface area contributed by atoms with Crippen LogP contribution in [0.3, 0.4) is 0 Å². The predicted octanol–water partition coefficient (Wildman–Crippen LogP) is 3.21. The molecule has 1 N–H and O–H groups in total. The maximum Gasteiger partial charge on any atom is 0.261 e. The van der Waals surface area contributed by atoms with Crippen LogP contribution in [0.2, 0.25) is 0 Å². The number of thiazole rings is 1. The van der Waals surface area contributed by atoms with Gasteiger partial charge in [-0.3, -0.25) is 24.3 Å². The van der Waals surface area contributed by atoms with Crippen molar-refractivity contribution in [1.82, 2.24) is 20.2 Å². The van der Waals surface area contributed by atoms with Crippen LogP contribution in [0.5, 0.6) is 0 Å². The summed E-state index contributed by atoms with van der Waals surface area (Å²) in [7, 11) is 0. The quantitative estimate of drug-likeness (QED) is 0.593. The second-order valence-corrected chi connectivity index (χ2v) is 8.00. The summed E-state index contributed by atoms with van der Waals surface area (Å²) in [5.41, 5.74) is 3.65. The molecule has 0 saturated carbocycles. The molecular formula is C22H20N4O3S. The van der Waals surface area contributed by atoms with Gasteiger partial charge < -0.3 is 5.32 Å². The van der Waals surface area contributed by atoms with Gasteiger partial charge in [0, 0.05) is 36.3 Å². The minimum absolute atomic E-state index is 0.136. The van der Waals surface area contributed by atoms with Gasteiger partial charge in [-0.2, -0.15) is 0 Å². The molecule has 4 rings (SSSR count). The van der Waals surface area contributed by atoms with E-state index in [1.165, 1.54) is 16.2 Å². The standard InChI is InChI=1S/C22H20N4O3S/c1-14-4-5-16-17(11-14)22(29)26(21(16)28)10-2-3-19(27)24-12-20-25-18(13-30-20)15-6-8-23-9-7-15/h4-9,11,13H,2-3,10,12H2,1H3,(H,24,27). The Kier molecular flexibility index (Phi) is 5.67. The van der Waals surface area contributed by atoms with Crippen molar-refractivity contribution in [3.63, 3.8) is 0 Å². The van der Waals surface area contributed by atoms with E-state index in [-0.39, 0.29) is 30.7 Å². The molecule has 3 heterocycles. The number of benzene rings is 1. The van der Waals surface area contributed by atoms with Crippen LogP contribution in [0.25, 0.3) is 11.3 Å². The minimum atomic E-state index is -0.290. The normalized spacial score (nSPS) is 12.9. The number of rotatable bonds is 7. The number of nitrogens with zero attached hydrogens (tertiary/aromatic N) is 3. The van der Waals surface area contributed by atoms with Gasteiger partial charge >= 0.3 is 0 Å². The summed E-state index contributed by atoms with van der Waals surface area (Å²) >= 11 is 1.48. The average molecular weight is 420 g/mol. The van der Waals surface area contributed by atoms with E-state index in [1.54, 1.807) is 24.5 Å². The Balaban J connectivity index is 1.25. The van der Waals surface area contributed by atoms with E-state index in [2.05, 4.69) is 15.3 Å². The van der Waals surface area contributed by atoms with Gasteiger partial charge in [0.2, 0.25) is 5.91 Å². The topological polar surface area (TPSA) is 92.3 Å². The number of carbonyl (C=O) groups excluding carboxylic acids is 3. The maximum atomic E-state index is 12.5. The van der Waals surface area contributed by atoms with E-state index in [9.17, 15) is 14.4 Å². The summed E-state index contributed by atoms with van der Waals surface area (Å²) < 4.78 is 0. The van der Waals surface area contributed by atoms with Crippen molar-refractivity contribution >= 4 is 29.1 Å². The first-order valence-electron chi connectivity index (χ1n) is 9.61. The number of amides is 3. The van der Waals surface area contributed by atoms with E-state index >= 15 is 0 Å². The van der Waals surface area contributed by atoms with Crippen LogP contribution in [0.15, 0.2) is 48.1 Å². The van der Waals surface area contributed by atoms with E-state index < -0.39 is 0 Å². The van der Waals surface area contributed by atoms with Crippen molar-refractivity contribution in [2.24, 2.45) is 0 Å². The monoisotopic (exact) mass is 420 g/mol. The highest BCUT2D eigenvalue weighted by molar-refractivity contribution is 7.09. The molecule has 0 spiro atoms. The molecule has 0 unspecified atom stereocenters. The molecule has 8 heteroatoms. The smallest absolute Gasteiger partial charge is 0.261 e. The van der Waals surface area contributed by atoms with Crippen molar-refractivity contribution < 1.29 is 14.4 Å². The fourth-order valence-corrected chi connectivity index (χ4v) is 4.06. The SMILES string of the molecule is Cc1ccc2c(c1)C(=O)N(CCCC(=O)NCc1nc(-c3ccncc3)cs1)C2=O. The van der Waals surface area contributed by atoms with Crippen molar-refractivity contribution in [1.29, 1.82) is 0 Å². The summed E-state index contributed by atoms with van der Waals surface area (Å²) in [5.74, 6) is -0.713. The number of aryl methyl sites for hydroxylation is 1. The first kappa shape index (κ1) is 19.9. The lowest BCUT2D eigenvalue weighted by Crippen LogP contribution is -2.32. The van der Waals surface area contributed by atoms with Gasteiger partial charge in [0.05, 0.1) is 23.4 Å². The van der Waals surface area contributed by atoms with Crippen LogP contribution in [0, 0.1) is 6.92 Å². The number of imide groups is 1. The molecule has 152 valence electrons. The lowest BCUT2D eigenvalue weighted by Gasteiger charge is -2.13. The van der Waals surface area contributed by atoms with E-state index in [0.717, 1.165) is 21.8 Å². The van der Waals surface area contributed by atoms with Crippen molar-refractivity contribution in [2.45, 2.75) is 26.3 Å². The number of fused-ring (bicyclic) bond motifs is 1. The van der Waals surface area contributed by atoms with Gasteiger partial charge in [-0.1, -0.05) is 11.6 Å². The molecule has 3 aromatic rings. The molecule has 1 aliphatic rings. The molecule has 2 aromatic heterocycles. The Morgan fingerprint density at radius 2 is 1.87 bits per heavy atom. The highest BCUT2D eigenvalue weighted by atomic mass is 32.1. The number of carbonyl (C=O) groups is 3. The van der Waals surface area contributed by atoms with Gasteiger partial charge in [-0.05, 0) is 37.6 Å². The molecule has 0 radical (unpaired) electrons. The van der Waals surface area contributed by atoms with Crippen LogP contribution in [0.4, 0.5) is 0 Å². The zero-order chi connectivity index (χ0) is 21.1. The van der Waals surface area contributed by atoms with Gasteiger partial charge in [-0.25, -0.2) is 4.98 Å². The molecule has 0 atom stereocenters. The highest BCUT2D eigenvalue weighted by Crippen LogP contribution is 2.24. The summed E-state index contributed by atoms with van der Waals surface area (Å²) in [4.78, 5) is 46.8.